The zero-order valence-corrected chi connectivity index (χ0v) is 8.73. The van der Waals surface area contributed by atoms with Gasteiger partial charge in [0.25, 0.3) is 0 Å². The van der Waals surface area contributed by atoms with Crippen LogP contribution in [0.4, 0.5) is 0 Å². The summed E-state index contributed by atoms with van der Waals surface area (Å²) in [7, 11) is 1.69. The molecule has 0 aliphatic carbocycles. The van der Waals surface area contributed by atoms with Crippen molar-refractivity contribution in [3.05, 3.63) is 34.7 Å². The lowest BCUT2D eigenvalue weighted by atomic mass is 10.2. The molecule has 0 amide bonds. The van der Waals surface area contributed by atoms with E-state index >= 15 is 0 Å². The fraction of sp³-hybridized carbons (Fsp3) is 0.273. The number of hydrogen-bond donors (Lipinski definition) is 2. The highest BCUT2D eigenvalue weighted by Gasteiger charge is 1.99. The van der Waals surface area contributed by atoms with E-state index in [1.54, 1.807) is 7.11 Å². The predicted molar refractivity (Wildman–Crippen MR) is 59.5 cm³/mol. The number of nitrogens with one attached hydrogen (secondary N) is 2. The van der Waals surface area contributed by atoms with Crippen molar-refractivity contribution >= 4 is 12.4 Å². The molecule has 2 rings (SSSR count). The topological polar surface area (TPSA) is 36.5 Å². The number of fused-ring (bicyclic) bond motifs is 1. The second kappa shape index (κ2) is 4.82. The van der Waals surface area contributed by atoms with Crippen molar-refractivity contribution in [2.75, 3.05) is 20.3 Å². The molecule has 0 bridgehead atoms. The first-order valence-electron chi connectivity index (χ1n) is 4.95. The minimum atomic E-state index is 0.688. The molecule has 0 saturated carbocycles. The second-order valence-corrected chi connectivity index (χ2v) is 3.30. The molecule has 0 atom stereocenters. The number of methoxy groups -OCH3 is 1. The zero-order valence-electron chi connectivity index (χ0n) is 8.73. The molecule has 0 unspecified atom stereocenters. The highest BCUT2D eigenvalue weighted by molar-refractivity contribution is 5.33. The van der Waals surface area contributed by atoms with E-state index in [0.29, 0.717) is 6.61 Å². The van der Waals surface area contributed by atoms with Crippen molar-refractivity contribution in [2.24, 2.45) is 0 Å². The molecule has 1 aliphatic heterocycles. The maximum Gasteiger partial charge on any atom is 0.0606 e. The standard InChI is InChI=1S/C11H15N3O/c1-15-7-6-12-14-9-11-5-3-2-4-10(11)8-13-14/h2-5,8-9,12-13H,6-7H2,1H3. The lowest BCUT2D eigenvalue weighted by Crippen LogP contribution is -2.49. The smallest absolute Gasteiger partial charge is 0.0606 e. The van der Waals surface area contributed by atoms with Gasteiger partial charge in [0.1, 0.15) is 0 Å². The summed E-state index contributed by atoms with van der Waals surface area (Å²) in [5, 5.41) is 4.23. The van der Waals surface area contributed by atoms with Gasteiger partial charge in [0.2, 0.25) is 0 Å². The Morgan fingerprint density at radius 1 is 1.33 bits per heavy atom. The molecule has 4 heteroatoms. The Bertz CT molecular complexity index is 430. The minimum Gasteiger partial charge on any atom is -0.383 e. The van der Waals surface area contributed by atoms with E-state index in [4.69, 9.17) is 4.74 Å². The van der Waals surface area contributed by atoms with E-state index < -0.39 is 0 Å². The molecule has 1 aromatic rings. The first-order chi connectivity index (χ1) is 7.40. The third-order valence-electron chi connectivity index (χ3n) is 2.21. The Kier molecular flexibility index (Phi) is 3.22. The molecule has 0 fully saturated rings. The van der Waals surface area contributed by atoms with Gasteiger partial charge >= 0.3 is 0 Å². The predicted octanol–water partition coefficient (Wildman–Crippen LogP) is -0.866. The molecule has 0 spiro atoms. The molecule has 1 heterocycles. The number of nitrogens with zero attached hydrogens (tertiary/aromatic N) is 1. The summed E-state index contributed by atoms with van der Waals surface area (Å²) >= 11 is 0. The van der Waals surface area contributed by atoms with Crippen molar-refractivity contribution in [1.29, 1.82) is 0 Å². The normalized spacial score (nSPS) is 13.5. The van der Waals surface area contributed by atoms with Crippen molar-refractivity contribution in [1.82, 2.24) is 16.0 Å². The Morgan fingerprint density at radius 2 is 2.13 bits per heavy atom. The number of benzene rings is 1. The maximum absolute atomic E-state index is 4.96. The lowest BCUT2D eigenvalue weighted by Gasteiger charge is -2.23. The van der Waals surface area contributed by atoms with Crippen LogP contribution in [0.1, 0.15) is 0 Å². The molecule has 0 radical (unpaired) electrons. The number of hydrazine groups is 2. The fourth-order valence-corrected chi connectivity index (χ4v) is 1.43. The van der Waals surface area contributed by atoms with Gasteiger partial charge < -0.3 is 4.74 Å². The first-order valence-corrected chi connectivity index (χ1v) is 4.95. The summed E-state index contributed by atoms with van der Waals surface area (Å²) in [5.74, 6) is 0. The van der Waals surface area contributed by atoms with Crippen molar-refractivity contribution in [3.63, 3.8) is 0 Å². The van der Waals surface area contributed by atoms with E-state index in [1.807, 2.05) is 29.7 Å². The SMILES string of the molecule is COCCNN1C=c2ccccc2=CN1. The largest absolute Gasteiger partial charge is 0.383 e. The van der Waals surface area contributed by atoms with Gasteiger partial charge in [-0.15, -0.1) is 0 Å². The molecule has 1 aromatic carbocycles. The average Bonchev–Trinajstić information content (AvgIpc) is 2.29. The molecule has 0 saturated heterocycles. The Hall–Kier alpha value is -1.52. The van der Waals surface area contributed by atoms with Crippen molar-refractivity contribution in [3.8, 4) is 0 Å². The van der Waals surface area contributed by atoms with Crippen molar-refractivity contribution < 1.29 is 4.74 Å². The Balaban J connectivity index is 2.06. The van der Waals surface area contributed by atoms with E-state index in [-0.39, 0.29) is 0 Å². The summed E-state index contributed by atoms with van der Waals surface area (Å²) in [6.45, 7) is 1.46. The maximum atomic E-state index is 4.96. The van der Waals surface area contributed by atoms with Gasteiger partial charge in [-0.3, -0.25) is 5.43 Å². The van der Waals surface area contributed by atoms with Gasteiger partial charge in [0.05, 0.1) is 6.61 Å². The summed E-state index contributed by atoms with van der Waals surface area (Å²) in [6, 6.07) is 8.21. The monoisotopic (exact) mass is 205 g/mol. The second-order valence-electron chi connectivity index (χ2n) is 3.30. The van der Waals surface area contributed by atoms with Gasteiger partial charge in [-0.25, -0.2) is 10.5 Å². The van der Waals surface area contributed by atoms with Crippen LogP contribution in [-0.4, -0.2) is 25.4 Å². The van der Waals surface area contributed by atoms with E-state index in [1.165, 1.54) is 10.4 Å². The molecular weight excluding hydrogens is 190 g/mol. The minimum absolute atomic E-state index is 0.688. The first kappa shape index (κ1) is 10.0. The molecule has 0 aromatic heterocycles. The van der Waals surface area contributed by atoms with Gasteiger partial charge in [-0.05, 0) is 0 Å². The van der Waals surface area contributed by atoms with Crippen LogP contribution in [0.5, 0.6) is 0 Å². The quantitative estimate of drug-likeness (QED) is 0.627. The van der Waals surface area contributed by atoms with E-state index in [0.717, 1.165) is 6.54 Å². The van der Waals surface area contributed by atoms with Gasteiger partial charge in [0.15, 0.2) is 0 Å². The number of hydrogen-bond acceptors (Lipinski definition) is 4. The Labute approximate surface area is 88.8 Å². The van der Waals surface area contributed by atoms with Gasteiger partial charge in [-0.2, -0.15) is 0 Å². The molecule has 4 nitrogen and oxygen atoms in total. The summed E-state index contributed by atoms with van der Waals surface area (Å²) in [6.07, 6.45) is 3.99. The average molecular weight is 205 g/mol. The molecule has 1 aliphatic rings. The van der Waals surface area contributed by atoms with Crippen LogP contribution in [0.3, 0.4) is 0 Å². The van der Waals surface area contributed by atoms with Crippen LogP contribution in [0.2, 0.25) is 0 Å². The molecular formula is C11H15N3O. The summed E-state index contributed by atoms with van der Waals surface area (Å²) < 4.78 is 4.96. The fourth-order valence-electron chi connectivity index (χ4n) is 1.43. The van der Waals surface area contributed by atoms with E-state index in [9.17, 15) is 0 Å². The Morgan fingerprint density at radius 3 is 2.93 bits per heavy atom. The lowest BCUT2D eigenvalue weighted by molar-refractivity contribution is 0.164. The highest BCUT2D eigenvalue weighted by atomic mass is 16.5. The summed E-state index contributed by atoms with van der Waals surface area (Å²) in [5.41, 5.74) is 6.29. The number of ether oxygens (including phenoxy) is 1. The van der Waals surface area contributed by atoms with Gasteiger partial charge in [0, 0.05) is 36.5 Å². The van der Waals surface area contributed by atoms with Gasteiger partial charge in [-0.1, -0.05) is 24.3 Å². The van der Waals surface area contributed by atoms with Crippen LogP contribution in [0, 0.1) is 0 Å². The van der Waals surface area contributed by atoms with Crippen LogP contribution >= 0.6 is 0 Å². The molecule has 15 heavy (non-hydrogen) atoms. The molecule has 2 N–H and O–H groups in total. The van der Waals surface area contributed by atoms with Crippen molar-refractivity contribution in [2.45, 2.75) is 0 Å². The zero-order chi connectivity index (χ0) is 10.5. The van der Waals surface area contributed by atoms with Crippen LogP contribution < -0.4 is 21.3 Å². The molecule has 80 valence electrons. The van der Waals surface area contributed by atoms with E-state index in [2.05, 4.69) is 23.0 Å². The van der Waals surface area contributed by atoms with Crippen LogP contribution in [0.15, 0.2) is 24.3 Å². The third kappa shape index (κ3) is 2.49. The summed E-state index contributed by atoms with van der Waals surface area (Å²) in [4.78, 5) is 0. The third-order valence-corrected chi connectivity index (χ3v) is 2.21. The van der Waals surface area contributed by atoms with Crippen LogP contribution in [-0.2, 0) is 4.74 Å². The van der Waals surface area contributed by atoms with Crippen LogP contribution in [0.25, 0.3) is 12.4 Å². The highest BCUT2D eigenvalue weighted by Crippen LogP contribution is 1.82. The number of rotatable bonds is 4.